The molecular formula is C13H12ClN3O3S2. The van der Waals surface area contributed by atoms with Crippen molar-refractivity contribution >= 4 is 33.0 Å². The van der Waals surface area contributed by atoms with Gasteiger partial charge >= 0.3 is 0 Å². The first-order valence-electron chi connectivity index (χ1n) is 6.28. The van der Waals surface area contributed by atoms with Gasteiger partial charge in [0.1, 0.15) is 15.7 Å². The fourth-order valence-electron chi connectivity index (χ4n) is 1.91. The van der Waals surface area contributed by atoms with E-state index in [1.54, 1.807) is 36.1 Å². The fraction of sp³-hybridized carbons (Fsp3) is 0.154. The zero-order chi connectivity index (χ0) is 15.7. The Kier molecular flexibility index (Phi) is 4.09. The van der Waals surface area contributed by atoms with Crippen molar-refractivity contribution in [3.05, 3.63) is 46.6 Å². The molecule has 3 heterocycles. The van der Waals surface area contributed by atoms with E-state index in [0.29, 0.717) is 15.9 Å². The first-order valence-corrected chi connectivity index (χ1v) is 8.95. The summed E-state index contributed by atoms with van der Waals surface area (Å²) in [5.74, 6) is 1.15. The highest BCUT2D eigenvalue weighted by Gasteiger charge is 2.17. The minimum absolute atomic E-state index is 0.0652. The molecule has 0 spiro atoms. The summed E-state index contributed by atoms with van der Waals surface area (Å²) in [6.07, 6.45) is 1.67. The van der Waals surface area contributed by atoms with E-state index in [9.17, 15) is 8.42 Å². The van der Waals surface area contributed by atoms with Crippen molar-refractivity contribution in [2.24, 2.45) is 7.05 Å². The largest absolute Gasteiger partial charge is 0.458 e. The SMILES string of the molecule is Cn1nccc1-c1ccc(CNS(=O)(=O)c2ccc(Cl)s2)o1. The van der Waals surface area contributed by atoms with Gasteiger partial charge in [-0.3, -0.25) is 4.68 Å². The Morgan fingerprint density at radius 3 is 2.77 bits per heavy atom. The van der Waals surface area contributed by atoms with Crippen LogP contribution in [0.25, 0.3) is 11.5 Å². The van der Waals surface area contributed by atoms with Gasteiger partial charge in [-0.1, -0.05) is 11.6 Å². The summed E-state index contributed by atoms with van der Waals surface area (Å²) in [7, 11) is -1.78. The first-order chi connectivity index (χ1) is 10.5. The molecule has 0 saturated heterocycles. The molecule has 1 N–H and O–H groups in total. The van der Waals surface area contributed by atoms with Crippen LogP contribution in [0, 0.1) is 0 Å². The van der Waals surface area contributed by atoms with E-state index >= 15 is 0 Å². The second kappa shape index (κ2) is 5.88. The van der Waals surface area contributed by atoms with Crippen LogP contribution in [-0.4, -0.2) is 18.2 Å². The fourth-order valence-corrected chi connectivity index (χ4v) is 4.43. The van der Waals surface area contributed by atoms with Gasteiger partial charge in [0, 0.05) is 13.2 Å². The van der Waals surface area contributed by atoms with Crippen LogP contribution in [0.4, 0.5) is 0 Å². The molecule has 22 heavy (non-hydrogen) atoms. The van der Waals surface area contributed by atoms with Gasteiger partial charge in [-0.15, -0.1) is 11.3 Å². The maximum Gasteiger partial charge on any atom is 0.250 e. The second-order valence-corrected chi connectivity index (χ2v) is 8.20. The van der Waals surface area contributed by atoms with Crippen molar-refractivity contribution in [1.29, 1.82) is 0 Å². The van der Waals surface area contributed by atoms with E-state index in [0.717, 1.165) is 17.0 Å². The lowest BCUT2D eigenvalue weighted by Crippen LogP contribution is -2.22. The third-order valence-electron chi connectivity index (χ3n) is 2.98. The van der Waals surface area contributed by atoms with E-state index < -0.39 is 10.0 Å². The Hall–Kier alpha value is -1.61. The predicted molar refractivity (Wildman–Crippen MR) is 84.3 cm³/mol. The summed E-state index contributed by atoms with van der Waals surface area (Å²) in [5.41, 5.74) is 0.819. The molecule has 0 aromatic carbocycles. The quantitative estimate of drug-likeness (QED) is 0.761. The van der Waals surface area contributed by atoms with Crippen LogP contribution in [0.15, 0.2) is 45.2 Å². The maximum absolute atomic E-state index is 12.1. The molecule has 9 heteroatoms. The first kappa shape index (κ1) is 15.3. The van der Waals surface area contributed by atoms with Crippen LogP contribution in [0.3, 0.4) is 0 Å². The Morgan fingerprint density at radius 2 is 2.14 bits per heavy atom. The van der Waals surface area contributed by atoms with Gasteiger partial charge in [-0.25, -0.2) is 13.1 Å². The van der Waals surface area contributed by atoms with Crippen molar-refractivity contribution in [2.75, 3.05) is 0 Å². The number of hydrogen-bond donors (Lipinski definition) is 1. The van der Waals surface area contributed by atoms with Crippen LogP contribution >= 0.6 is 22.9 Å². The van der Waals surface area contributed by atoms with Gasteiger partial charge in [0.25, 0.3) is 10.0 Å². The van der Waals surface area contributed by atoms with Gasteiger partial charge in [0.2, 0.25) is 0 Å². The number of thiophene rings is 1. The monoisotopic (exact) mass is 357 g/mol. The lowest BCUT2D eigenvalue weighted by Gasteiger charge is -2.02. The number of nitrogens with one attached hydrogen (secondary N) is 1. The van der Waals surface area contributed by atoms with Crippen molar-refractivity contribution in [2.45, 2.75) is 10.8 Å². The minimum Gasteiger partial charge on any atom is -0.458 e. The summed E-state index contributed by atoms with van der Waals surface area (Å²) < 4.78 is 34.6. The summed E-state index contributed by atoms with van der Waals surface area (Å²) >= 11 is 6.77. The number of sulfonamides is 1. The number of aryl methyl sites for hydroxylation is 1. The average molecular weight is 358 g/mol. The minimum atomic E-state index is -3.58. The van der Waals surface area contributed by atoms with Crippen LogP contribution in [0.1, 0.15) is 5.76 Å². The highest BCUT2D eigenvalue weighted by Crippen LogP contribution is 2.26. The van der Waals surface area contributed by atoms with Crippen molar-refractivity contribution < 1.29 is 12.8 Å². The Morgan fingerprint density at radius 1 is 1.32 bits per heavy atom. The Balaban J connectivity index is 1.72. The second-order valence-electron chi connectivity index (χ2n) is 4.49. The molecular weight excluding hydrogens is 346 g/mol. The van der Waals surface area contributed by atoms with E-state index in [2.05, 4.69) is 9.82 Å². The highest BCUT2D eigenvalue weighted by molar-refractivity contribution is 7.91. The molecule has 0 unspecified atom stereocenters. The molecule has 0 atom stereocenters. The smallest absolute Gasteiger partial charge is 0.250 e. The Bertz CT molecular complexity index is 895. The topological polar surface area (TPSA) is 77.1 Å². The number of aromatic nitrogens is 2. The van der Waals surface area contributed by atoms with Gasteiger partial charge in [0.15, 0.2) is 5.76 Å². The summed E-state index contributed by atoms with van der Waals surface area (Å²) in [5, 5.41) is 4.06. The van der Waals surface area contributed by atoms with Crippen LogP contribution in [0.2, 0.25) is 4.34 Å². The van der Waals surface area contributed by atoms with Crippen LogP contribution < -0.4 is 4.72 Å². The maximum atomic E-state index is 12.1. The van der Waals surface area contributed by atoms with E-state index in [1.807, 2.05) is 6.07 Å². The Labute approximate surface area is 136 Å². The molecule has 3 aromatic heterocycles. The van der Waals surface area contributed by atoms with Crippen LogP contribution in [0.5, 0.6) is 0 Å². The molecule has 0 aliphatic rings. The lowest BCUT2D eigenvalue weighted by molar-refractivity contribution is 0.505. The summed E-state index contributed by atoms with van der Waals surface area (Å²) in [6.45, 7) is 0.0652. The number of rotatable bonds is 5. The molecule has 116 valence electrons. The average Bonchev–Trinajstić information content (AvgIpc) is 3.17. The molecule has 6 nitrogen and oxygen atoms in total. The third-order valence-corrected chi connectivity index (χ3v) is 6.11. The predicted octanol–water partition coefficient (Wildman–Crippen LogP) is 2.87. The number of nitrogens with zero attached hydrogens (tertiary/aromatic N) is 2. The molecule has 0 amide bonds. The van der Waals surface area contributed by atoms with Crippen molar-refractivity contribution in [3.8, 4) is 11.5 Å². The van der Waals surface area contributed by atoms with E-state index in [-0.39, 0.29) is 10.8 Å². The van der Waals surface area contributed by atoms with E-state index in [4.69, 9.17) is 16.0 Å². The number of furan rings is 1. The van der Waals surface area contributed by atoms with Gasteiger partial charge < -0.3 is 4.42 Å². The van der Waals surface area contributed by atoms with Gasteiger partial charge in [-0.05, 0) is 30.3 Å². The molecule has 3 rings (SSSR count). The van der Waals surface area contributed by atoms with Gasteiger partial charge in [-0.2, -0.15) is 5.10 Å². The highest BCUT2D eigenvalue weighted by atomic mass is 35.5. The summed E-state index contributed by atoms with van der Waals surface area (Å²) in [6, 6.07) is 8.35. The molecule has 0 bridgehead atoms. The number of halogens is 1. The van der Waals surface area contributed by atoms with Crippen molar-refractivity contribution in [1.82, 2.24) is 14.5 Å². The molecule has 0 radical (unpaired) electrons. The molecule has 0 aliphatic heterocycles. The standard InChI is InChI=1S/C13H12ClN3O3S2/c1-17-10(6-7-15-17)11-3-2-9(20-11)8-16-22(18,19)13-5-4-12(14)21-13/h2-7,16H,8H2,1H3. The zero-order valence-electron chi connectivity index (χ0n) is 11.5. The van der Waals surface area contributed by atoms with Gasteiger partial charge in [0.05, 0.1) is 10.9 Å². The number of hydrogen-bond acceptors (Lipinski definition) is 5. The third kappa shape index (κ3) is 3.09. The molecule has 0 saturated carbocycles. The molecule has 0 aliphatic carbocycles. The van der Waals surface area contributed by atoms with Crippen molar-refractivity contribution in [3.63, 3.8) is 0 Å². The zero-order valence-corrected chi connectivity index (χ0v) is 13.9. The lowest BCUT2D eigenvalue weighted by atomic mass is 10.3. The molecule has 3 aromatic rings. The van der Waals surface area contributed by atoms with E-state index in [1.165, 1.54) is 6.07 Å². The summed E-state index contributed by atoms with van der Waals surface area (Å²) in [4.78, 5) is 0. The molecule has 0 fully saturated rings. The van der Waals surface area contributed by atoms with Crippen LogP contribution in [-0.2, 0) is 23.6 Å². The normalized spacial score (nSPS) is 11.9.